The molecule has 2 N–H and O–H groups in total. The second-order valence-corrected chi connectivity index (χ2v) is 5.14. The number of rotatable bonds is 3. The topological polar surface area (TPSA) is 56.7 Å². The highest BCUT2D eigenvalue weighted by atomic mass is 15.3. The SMILES string of the molecule is CC(C)c1nc(C(C)(N)c2ccccc2)n(C)n1. The first kappa shape index (κ1) is 12.8. The molecule has 18 heavy (non-hydrogen) atoms. The van der Waals surface area contributed by atoms with Crippen molar-refractivity contribution in [2.45, 2.75) is 32.2 Å². The number of benzene rings is 1. The van der Waals surface area contributed by atoms with Crippen LogP contribution in [-0.4, -0.2) is 14.8 Å². The molecule has 0 amide bonds. The van der Waals surface area contributed by atoms with Crippen molar-refractivity contribution < 1.29 is 0 Å². The van der Waals surface area contributed by atoms with Gasteiger partial charge in [-0.25, -0.2) is 4.98 Å². The van der Waals surface area contributed by atoms with Crippen molar-refractivity contribution in [2.24, 2.45) is 12.8 Å². The Morgan fingerprint density at radius 1 is 1.22 bits per heavy atom. The van der Waals surface area contributed by atoms with Crippen molar-refractivity contribution in [2.75, 3.05) is 0 Å². The van der Waals surface area contributed by atoms with E-state index < -0.39 is 5.54 Å². The van der Waals surface area contributed by atoms with Crippen LogP contribution < -0.4 is 5.73 Å². The Morgan fingerprint density at radius 3 is 2.33 bits per heavy atom. The Morgan fingerprint density at radius 2 is 1.83 bits per heavy atom. The normalized spacial score (nSPS) is 14.8. The van der Waals surface area contributed by atoms with Crippen LogP contribution in [0.5, 0.6) is 0 Å². The van der Waals surface area contributed by atoms with Crippen molar-refractivity contribution in [1.29, 1.82) is 0 Å². The summed E-state index contributed by atoms with van der Waals surface area (Å²) in [4.78, 5) is 4.58. The maximum Gasteiger partial charge on any atom is 0.153 e. The summed E-state index contributed by atoms with van der Waals surface area (Å²) in [5.74, 6) is 1.93. The van der Waals surface area contributed by atoms with E-state index in [1.54, 1.807) is 4.68 Å². The first-order valence-corrected chi connectivity index (χ1v) is 6.18. The van der Waals surface area contributed by atoms with Gasteiger partial charge in [0.1, 0.15) is 0 Å². The van der Waals surface area contributed by atoms with Gasteiger partial charge in [-0.2, -0.15) is 5.10 Å². The Hall–Kier alpha value is -1.68. The molecule has 0 aliphatic carbocycles. The summed E-state index contributed by atoms with van der Waals surface area (Å²) in [7, 11) is 1.89. The van der Waals surface area contributed by atoms with Gasteiger partial charge < -0.3 is 5.73 Å². The highest BCUT2D eigenvalue weighted by molar-refractivity contribution is 5.30. The Balaban J connectivity index is 2.47. The molecule has 4 nitrogen and oxygen atoms in total. The molecule has 0 aliphatic heterocycles. The molecule has 0 bridgehead atoms. The average molecular weight is 244 g/mol. The van der Waals surface area contributed by atoms with Gasteiger partial charge >= 0.3 is 0 Å². The fraction of sp³-hybridized carbons (Fsp3) is 0.429. The van der Waals surface area contributed by atoms with Crippen molar-refractivity contribution in [1.82, 2.24) is 14.8 Å². The van der Waals surface area contributed by atoms with Crippen molar-refractivity contribution in [3.63, 3.8) is 0 Å². The zero-order chi connectivity index (χ0) is 13.3. The van der Waals surface area contributed by atoms with Crippen molar-refractivity contribution in [3.05, 3.63) is 47.5 Å². The van der Waals surface area contributed by atoms with Crippen LogP contribution in [0, 0.1) is 0 Å². The van der Waals surface area contributed by atoms with Crippen LogP contribution >= 0.6 is 0 Å². The van der Waals surface area contributed by atoms with E-state index in [1.807, 2.05) is 44.3 Å². The molecule has 0 spiro atoms. The van der Waals surface area contributed by atoms with Gasteiger partial charge in [0.15, 0.2) is 11.6 Å². The second-order valence-electron chi connectivity index (χ2n) is 5.14. The summed E-state index contributed by atoms with van der Waals surface area (Å²) in [5, 5.41) is 4.43. The quantitative estimate of drug-likeness (QED) is 0.900. The third-order valence-corrected chi connectivity index (χ3v) is 3.13. The van der Waals surface area contributed by atoms with E-state index in [-0.39, 0.29) is 0 Å². The highest BCUT2D eigenvalue weighted by Crippen LogP contribution is 2.25. The summed E-state index contributed by atoms with van der Waals surface area (Å²) < 4.78 is 1.78. The number of hydrogen-bond donors (Lipinski definition) is 1. The largest absolute Gasteiger partial charge is 0.315 e. The molecule has 1 unspecified atom stereocenters. The van der Waals surface area contributed by atoms with Crippen LogP contribution in [0.2, 0.25) is 0 Å². The first-order valence-electron chi connectivity index (χ1n) is 6.18. The lowest BCUT2D eigenvalue weighted by molar-refractivity contribution is 0.517. The van der Waals surface area contributed by atoms with Gasteiger partial charge in [0.25, 0.3) is 0 Å². The summed E-state index contributed by atoms with van der Waals surface area (Å²) in [5.41, 5.74) is 6.86. The highest BCUT2D eigenvalue weighted by Gasteiger charge is 2.29. The fourth-order valence-corrected chi connectivity index (χ4v) is 2.01. The summed E-state index contributed by atoms with van der Waals surface area (Å²) in [6.07, 6.45) is 0. The lowest BCUT2D eigenvalue weighted by atomic mass is 9.92. The molecule has 0 saturated carbocycles. The molecule has 1 aromatic heterocycles. The molecular weight excluding hydrogens is 224 g/mol. The fourth-order valence-electron chi connectivity index (χ4n) is 2.01. The third kappa shape index (κ3) is 2.16. The van der Waals surface area contributed by atoms with Gasteiger partial charge in [-0.15, -0.1) is 0 Å². The summed E-state index contributed by atoms with van der Waals surface area (Å²) >= 11 is 0. The average Bonchev–Trinajstić information content (AvgIpc) is 2.73. The lowest BCUT2D eigenvalue weighted by Gasteiger charge is -2.23. The maximum atomic E-state index is 6.45. The number of aryl methyl sites for hydroxylation is 1. The molecule has 96 valence electrons. The van der Waals surface area contributed by atoms with E-state index in [2.05, 4.69) is 23.9 Å². The predicted octanol–water partition coefficient (Wildman–Crippen LogP) is 2.16. The van der Waals surface area contributed by atoms with Crippen LogP contribution in [0.15, 0.2) is 30.3 Å². The van der Waals surface area contributed by atoms with Crippen LogP contribution in [0.1, 0.15) is 43.9 Å². The monoisotopic (exact) mass is 244 g/mol. The van der Waals surface area contributed by atoms with Gasteiger partial charge in [-0.1, -0.05) is 44.2 Å². The number of nitrogens with two attached hydrogens (primary N) is 1. The number of hydrogen-bond acceptors (Lipinski definition) is 3. The van der Waals surface area contributed by atoms with Gasteiger partial charge in [-0.05, 0) is 12.5 Å². The van der Waals surface area contributed by atoms with Gasteiger partial charge in [0.2, 0.25) is 0 Å². The number of nitrogens with zero attached hydrogens (tertiary/aromatic N) is 3. The van der Waals surface area contributed by atoms with Crippen LogP contribution in [-0.2, 0) is 12.6 Å². The molecule has 0 radical (unpaired) electrons. The van der Waals surface area contributed by atoms with Crippen molar-refractivity contribution >= 4 is 0 Å². The minimum atomic E-state index is -0.629. The predicted molar refractivity (Wildman–Crippen MR) is 72.2 cm³/mol. The molecule has 0 saturated heterocycles. The molecule has 0 aliphatic rings. The Labute approximate surface area is 108 Å². The smallest absolute Gasteiger partial charge is 0.153 e. The van der Waals surface area contributed by atoms with E-state index in [1.165, 1.54) is 0 Å². The Kier molecular flexibility index (Phi) is 3.22. The zero-order valence-electron chi connectivity index (χ0n) is 11.4. The summed E-state index contributed by atoms with van der Waals surface area (Å²) in [6, 6.07) is 9.99. The van der Waals surface area contributed by atoms with Crippen LogP contribution in [0.25, 0.3) is 0 Å². The standard InChI is InChI=1S/C14H20N4/c1-10(2)12-16-13(18(4)17-12)14(3,15)11-8-6-5-7-9-11/h5-10H,15H2,1-4H3. The summed E-state index contributed by atoms with van der Waals surface area (Å²) in [6.45, 7) is 6.13. The maximum absolute atomic E-state index is 6.45. The minimum absolute atomic E-state index is 0.302. The zero-order valence-corrected chi connectivity index (χ0v) is 11.4. The third-order valence-electron chi connectivity index (χ3n) is 3.13. The van der Waals surface area contributed by atoms with E-state index in [4.69, 9.17) is 5.73 Å². The van der Waals surface area contributed by atoms with E-state index >= 15 is 0 Å². The van der Waals surface area contributed by atoms with Crippen molar-refractivity contribution in [3.8, 4) is 0 Å². The van der Waals surface area contributed by atoms with Crippen LogP contribution in [0.4, 0.5) is 0 Å². The number of aromatic nitrogens is 3. The first-order chi connectivity index (χ1) is 8.43. The second kappa shape index (κ2) is 4.53. The van der Waals surface area contributed by atoms with Gasteiger partial charge in [0.05, 0.1) is 5.54 Å². The van der Waals surface area contributed by atoms with Crippen LogP contribution in [0.3, 0.4) is 0 Å². The molecule has 1 atom stereocenters. The van der Waals surface area contributed by atoms with E-state index in [0.29, 0.717) is 5.92 Å². The molecule has 0 fully saturated rings. The molecular formula is C14H20N4. The Bertz CT molecular complexity index is 526. The molecule has 2 aromatic rings. The van der Waals surface area contributed by atoms with Gasteiger partial charge in [-0.3, -0.25) is 4.68 Å². The molecule has 1 heterocycles. The van der Waals surface area contributed by atoms with Gasteiger partial charge in [0, 0.05) is 13.0 Å². The molecule has 1 aromatic carbocycles. The lowest BCUT2D eigenvalue weighted by Crippen LogP contribution is -2.37. The molecule has 4 heteroatoms. The van der Waals surface area contributed by atoms with E-state index in [0.717, 1.165) is 17.2 Å². The minimum Gasteiger partial charge on any atom is -0.315 e. The van der Waals surface area contributed by atoms with E-state index in [9.17, 15) is 0 Å². The molecule has 2 rings (SSSR count).